The van der Waals surface area contributed by atoms with Crippen molar-refractivity contribution in [1.29, 1.82) is 0 Å². The Balaban J connectivity index is 2.38. The summed E-state index contributed by atoms with van der Waals surface area (Å²) in [4.78, 5) is -0.0851. The summed E-state index contributed by atoms with van der Waals surface area (Å²) in [6.07, 6.45) is -3.79. The summed E-state index contributed by atoms with van der Waals surface area (Å²) < 4.78 is 63.0. The van der Waals surface area contributed by atoms with Crippen molar-refractivity contribution in [1.82, 2.24) is 0 Å². The maximum absolute atomic E-state index is 12.1. The van der Waals surface area contributed by atoms with Gasteiger partial charge in [0.15, 0.2) is 9.84 Å². The first-order valence-corrected chi connectivity index (χ1v) is 7.84. The molecule has 0 amide bonds. The zero-order valence-corrected chi connectivity index (χ0v) is 12.1. The van der Waals surface area contributed by atoms with Crippen molar-refractivity contribution in [2.75, 3.05) is 6.26 Å². The number of sulfone groups is 1. The summed E-state index contributed by atoms with van der Waals surface area (Å²) in [6, 6.07) is 8.62. The quantitative estimate of drug-likeness (QED) is 0.936. The van der Waals surface area contributed by atoms with E-state index in [0.717, 1.165) is 24.5 Å². The predicted octanol–water partition coefficient (Wildman–Crippen LogP) is 3.36. The maximum Gasteiger partial charge on any atom is 0.573 e. The first kappa shape index (κ1) is 16.2. The van der Waals surface area contributed by atoms with E-state index < -0.39 is 16.2 Å². The molecule has 8 heteroatoms. The number of hydrogen-bond acceptors (Lipinski definition) is 4. The van der Waals surface area contributed by atoms with Crippen LogP contribution >= 0.6 is 0 Å². The van der Waals surface area contributed by atoms with Crippen LogP contribution in [0.5, 0.6) is 11.5 Å². The van der Waals surface area contributed by atoms with Crippen LogP contribution in [0.2, 0.25) is 0 Å². The van der Waals surface area contributed by atoms with Crippen LogP contribution in [-0.2, 0) is 9.84 Å². The molecule has 0 saturated heterocycles. The topological polar surface area (TPSA) is 63.6 Å². The third-order valence-corrected chi connectivity index (χ3v) is 3.83. The number of hydrogen-bond donors (Lipinski definition) is 1. The Hall–Kier alpha value is -2.22. The highest BCUT2D eigenvalue weighted by Gasteiger charge is 2.30. The van der Waals surface area contributed by atoms with Gasteiger partial charge in [0.05, 0.1) is 4.90 Å². The average Bonchev–Trinajstić information content (AvgIpc) is 2.36. The van der Waals surface area contributed by atoms with E-state index in [1.165, 1.54) is 24.3 Å². The summed E-state index contributed by atoms with van der Waals surface area (Å²) in [6.45, 7) is 0. The lowest BCUT2D eigenvalue weighted by molar-refractivity contribution is -0.274. The highest BCUT2D eigenvalue weighted by Crippen LogP contribution is 2.30. The lowest BCUT2D eigenvalue weighted by Gasteiger charge is -2.10. The van der Waals surface area contributed by atoms with Crippen molar-refractivity contribution < 1.29 is 31.4 Å². The molecule has 1 N–H and O–H groups in total. The average molecular weight is 332 g/mol. The second-order valence-corrected chi connectivity index (χ2v) is 6.58. The number of phenols is 1. The number of aromatic hydroxyl groups is 1. The molecule has 0 aliphatic carbocycles. The van der Waals surface area contributed by atoms with Crippen molar-refractivity contribution in [2.45, 2.75) is 11.3 Å². The third kappa shape index (κ3) is 4.14. The van der Waals surface area contributed by atoms with Crippen LogP contribution < -0.4 is 4.74 Å². The molecular formula is C14H11F3O4S. The zero-order valence-electron chi connectivity index (χ0n) is 11.3. The third-order valence-electron chi connectivity index (χ3n) is 2.74. The number of halogens is 3. The van der Waals surface area contributed by atoms with Crippen molar-refractivity contribution in [3.63, 3.8) is 0 Å². The first-order valence-electron chi connectivity index (χ1n) is 5.95. The minimum absolute atomic E-state index is 0.0851. The smallest absolute Gasteiger partial charge is 0.508 e. The van der Waals surface area contributed by atoms with E-state index in [0.29, 0.717) is 11.1 Å². The van der Waals surface area contributed by atoms with Crippen LogP contribution in [0.1, 0.15) is 0 Å². The van der Waals surface area contributed by atoms with Crippen LogP contribution in [0.4, 0.5) is 13.2 Å². The fourth-order valence-electron chi connectivity index (χ4n) is 1.81. The molecule has 2 aromatic rings. The normalized spacial score (nSPS) is 12.2. The van der Waals surface area contributed by atoms with Gasteiger partial charge in [-0.1, -0.05) is 12.1 Å². The van der Waals surface area contributed by atoms with E-state index in [1.54, 1.807) is 0 Å². The molecule has 0 spiro atoms. The Morgan fingerprint density at radius 3 is 2.09 bits per heavy atom. The predicted molar refractivity (Wildman–Crippen MR) is 73.3 cm³/mol. The van der Waals surface area contributed by atoms with Gasteiger partial charge in [0.2, 0.25) is 0 Å². The van der Waals surface area contributed by atoms with Crippen molar-refractivity contribution in [2.24, 2.45) is 0 Å². The minimum Gasteiger partial charge on any atom is -0.508 e. The molecule has 0 bridgehead atoms. The number of alkyl halides is 3. The van der Waals surface area contributed by atoms with Crippen molar-refractivity contribution in [3.05, 3.63) is 42.5 Å². The van der Waals surface area contributed by atoms with Crippen LogP contribution in [0, 0.1) is 0 Å². The molecule has 0 heterocycles. The minimum atomic E-state index is -4.78. The van der Waals surface area contributed by atoms with E-state index in [9.17, 15) is 26.7 Å². The second-order valence-electron chi connectivity index (χ2n) is 4.56. The van der Waals surface area contributed by atoms with Crippen molar-refractivity contribution >= 4 is 9.84 Å². The number of ether oxygens (including phenoxy) is 1. The van der Waals surface area contributed by atoms with Gasteiger partial charge in [-0.2, -0.15) is 0 Å². The number of benzene rings is 2. The summed E-state index contributed by atoms with van der Waals surface area (Å²) in [5.41, 5.74) is 0.800. The Bertz CT molecular complexity index is 781. The second kappa shape index (κ2) is 5.53. The summed E-state index contributed by atoms with van der Waals surface area (Å²) in [5.74, 6) is -0.645. The maximum atomic E-state index is 12.1. The molecule has 2 rings (SSSR count). The van der Waals surface area contributed by atoms with Gasteiger partial charge in [-0.3, -0.25) is 0 Å². The van der Waals surface area contributed by atoms with Crippen LogP contribution in [0.3, 0.4) is 0 Å². The Kier molecular flexibility index (Phi) is 4.06. The van der Waals surface area contributed by atoms with Gasteiger partial charge < -0.3 is 9.84 Å². The lowest BCUT2D eigenvalue weighted by Crippen LogP contribution is -2.16. The fraction of sp³-hybridized carbons (Fsp3) is 0.143. The Morgan fingerprint density at radius 1 is 1.00 bits per heavy atom. The molecule has 0 atom stereocenters. The van der Waals surface area contributed by atoms with Crippen molar-refractivity contribution in [3.8, 4) is 22.6 Å². The van der Waals surface area contributed by atoms with Crippen LogP contribution in [0.15, 0.2) is 47.4 Å². The molecule has 0 saturated carbocycles. The molecule has 0 fully saturated rings. The monoisotopic (exact) mass is 332 g/mol. The van der Waals surface area contributed by atoms with Crippen LogP contribution in [0.25, 0.3) is 11.1 Å². The van der Waals surface area contributed by atoms with Gasteiger partial charge in [-0.05, 0) is 41.5 Å². The molecule has 0 radical (unpaired) electrons. The molecule has 4 nitrogen and oxygen atoms in total. The highest BCUT2D eigenvalue weighted by molar-refractivity contribution is 7.90. The van der Waals surface area contributed by atoms with E-state index in [4.69, 9.17) is 0 Å². The number of phenolic OH excluding ortho intramolecular Hbond substituents is 1. The molecule has 0 unspecified atom stereocenters. The van der Waals surface area contributed by atoms with E-state index in [-0.39, 0.29) is 16.4 Å². The van der Waals surface area contributed by atoms with Gasteiger partial charge >= 0.3 is 6.36 Å². The van der Waals surface area contributed by atoms with Gasteiger partial charge in [0, 0.05) is 6.26 Å². The first-order chi connectivity index (χ1) is 10.0. The van der Waals surface area contributed by atoms with Gasteiger partial charge in [-0.25, -0.2) is 8.42 Å². The molecule has 0 aliphatic rings. The van der Waals surface area contributed by atoms with E-state index in [2.05, 4.69) is 4.74 Å². The highest BCUT2D eigenvalue weighted by atomic mass is 32.2. The van der Waals surface area contributed by atoms with Crippen LogP contribution in [-0.4, -0.2) is 26.1 Å². The summed E-state index contributed by atoms with van der Waals surface area (Å²) >= 11 is 0. The molecule has 118 valence electrons. The van der Waals surface area contributed by atoms with Gasteiger partial charge in [0.25, 0.3) is 0 Å². The Labute approximate surface area is 124 Å². The fourth-order valence-corrected chi connectivity index (χ4v) is 2.49. The van der Waals surface area contributed by atoms with E-state index in [1.807, 2.05) is 0 Å². The van der Waals surface area contributed by atoms with Gasteiger partial charge in [-0.15, -0.1) is 13.2 Å². The molecule has 0 aromatic heterocycles. The summed E-state index contributed by atoms with van der Waals surface area (Å²) in [5, 5.41) is 9.59. The summed E-state index contributed by atoms with van der Waals surface area (Å²) in [7, 11) is -3.52. The number of rotatable bonds is 3. The molecular weight excluding hydrogens is 321 g/mol. The van der Waals surface area contributed by atoms with Gasteiger partial charge in [0.1, 0.15) is 11.5 Å². The SMILES string of the molecule is CS(=O)(=O)c1cc(O)cc(-c2ccc(OC(F)(F)F)cc2)c1. The zero-order chi connectivity index (χ0) is 16.5. The molecule has 0 aliphatic heterocycles. The lowest BCUT2D eigenvalue weighted by atomic mass is 10.1. The van der Waals surface area contributed by atoms with E-state index >= 15 is 0 Å². The standard InChI is InChI=1S/C14H11F3O4S/c1-22(19,20)13-7-10(6-11(18)8-13)9-2-4-12(5-3-9)21-14(15,16)17/h2-8,18H,1H3. The Morgan fingerprint density at radius 2 is 1.59 bits per heavy atom. The molecule has 2 aromatic carbocycles. The molecule has 22 heavy (non-hydrogen) atoms. The largest absolute Gasteiger partial charge is 0.573 e.